The molecule has 0 aliphatic carbocycles. The lowest BCUT2D eigenvalue weighted by Crippen LogP contribution is -2.17. The van der Waals surface area contributed by atoms with Gasteiger partial charge in [-0.3, -0.25) is 4.79 Å². The molecule has 0 radical (unpaired) electrons. The van der Waals surface area contributed by atoms with Gasteiger partial charge in [0.25, 0.3) is 0 Å². The Balaban J connectivity index is 2.75. The van der Waals surface area contributed by atoms with Crippen LogP contribution in [-0.4, -0.2) is 11.9 Å². The van der Waals surface area contributed by atoms with Crippen molar-refractivity contribution in [3.05, 3.63) is 23.8 Å². The van der Waals surface area contributed by atoms with Gasteiger partial charge in [0, 0.05) is 11.6 Å². The molecule has 1 rings (SSSR count). The molecule has 1 aromatic carbocycles. The Morgan fingerprint density at radius 2 is 2.18 bits per heavy atom. The molecule has 1 amide bonds. The van der Waals surface area contributed by atoms with E-state index in [0.29, 0.717) is 17.3 Å². The van der Waals surface area contributed by atoms with Crippen LogP contribution in [0.1, 0.15) is 43.5 Å². The first kappa shape index (κ1) is 13.4. The Morgan fingerprint density at radius 3 is 2.76 bits per heavy atom. The van der Waals surface area contributed by atoms with Gasteiger partial charge in [0.15, 0.2) is 0 Å². The minimum absolute atomic E-state index is 0.334. The van der Waals surface area contributed by atoms with E-state index in [1.54, 1.807) is 18.2 Å². The Morgan fingerprint density at radius 1 is 1.47 bits per heavy atom. The van der Waals surface area contributed by atoms with E-state index in [2.05, 4.69) is 19.2 Å². The molecule has 4 heteroatoms. The molecule has 0 saturated heterocycles. The van der Waals surface area contributed by atoms with E-state index in [9.17, 15) is 4.79 Å². The average Bonchev–Trinajstić information content (AvgIpc) is 2.29. The second kappa shape index (κ2) is 6.13. The van der Waals surface area contributed by atoms with Crippen molar-refractivity contribution in [3.8, 4) is 0 Å². The van der Waals surface area contributed by atoms with Crippen LogP contribution in [0.4, 0.5) is 11.4 Å². The maximum atomic E-state index is 11.1. The van der Waals surface area contributed by atoms with E-state index < -0.39 is 5.91 Å². The van der Waals surface area contributed by atoms with Gasteiger partial charge in [0.05, 0.1) is 11.4 Å². The number of rotatable bonds is 6. The van der Waals surface area contributed by atoms with Crippen molar-refractivity contribution in [2.24, 2.45) is 5.73 Å². The van der Waals surface area contributed by atoms with Crippen LogP contribution in [0.25, 0.3) is 0 Å². The van der Waals surface area contributed by atoms with Crippen molar-refractivity contribution in [2.75, 3.05) is 11.1 Å². The highest BCUT2D eigenvalue weighted by molar-refractivity contribution is 5.94. The molecule has 1 aromatic rings. The monoisotopic (exact) mass is 235 g/mol. The number of carbonyl (C=O) groups is 1. The molecular formula is C13H21N3O. The number of anilines is 2. The number of nitrogens with two attached hydrogens (primary N) is 2. The molecular weight excluding hydrogens is 214 g/mol. The summed E-state index contributed by atoms with van der Waals surface area (Å²) in [5.74, 6) is -0.436. The van der Waals surface area contributed by atoms with Gasteiger partial charge < -0.3 is 16.8 Å². The zero-order valence-corrected chi connectivity index (χ0v) is 10.5. The molecule has 17 heavy (non-hydrogen) atoms. The van der Waals surface area contributed by atoms with Gasteiger partial charge in [0.2, 0.25) is 5.91 Å². The van der Waals surface area contributed by atoms with Gasteiger partial charge in [-0.15, -0.1) is 0 Å². The summed E-state index contributed by atoms with van der Waals surface area (Å²) in [7, 11) is 0. The Labute approximate surface area is 102 Å². The van der Waals surface area contributed by atoms with E-state index in [4.69, 9.17) is 11.5 Å². The van der Waals surface area contributed by atoms with Crippen LogP contribution < -0.4 is 16.8 Å². The van der Waals surface area contributed by atoms with Crippen LogP contribution >= 0.6 is 0 Å². The minimum atomic E-state index is -0.436. The smallest absolute Gasteiger partial charge is 0.248 e. The number of primary amides is 1. The molecule has 0 fully saturated rings. The van der Waals surface area contributed by atoms with E-state index in [1.807, 2.05) is 0 Å². The first-order valence-electron chi connectivity index (χ1n) is 6.00. The van der Waals surface area contributed by atoms with Gasteiger partial charge in [0.1, 0.15) is 0 Å². The van der Waals surface area contributed by atoms with E-state index in [1.165, 1.54) is 12.8 Å². The normalized spacial score (nSPS) is 12.1. The topological polar surface area (TPSA) is 81.1 Å². The summed E-state index contributed by atoms with van der Waals surface area (Å²) in [5, 5.41) is 3.31. The molecule has 0 saturated carbocycles. The summed E-state index contributed by atoms with van der Waals surface area (Å²) >= 11 is 0. The Bertz CT molecular complexity index is 390. The van der Waals surface area contributed by atoms with Crippen molar-refractivity contribution >= 4 is 17.3 Å². The molecule has 0 bridgehead atoms. The van der Waals surface area contributed by atoms with E-state index in [-0.39, 0.29) is 0 Å². The lowest BCUT2D eigenvalue weighted by atomic mass is 10.1. The number of amides is 1. The highest BCUT2D eigenvalue weighted by Crippen LogP contribution is 2.21. The molecule has 5 N–H and O–H groups in total. The number of nitrogens with one attached hydrogen (secondary N) is 1. The summed E-state index contributed by atoms with van der Waals surface area (Å²) in [6.45, 7) is 4.26. The molecule has 0 aromatic heterocycles. The SMILES string of the molecule is CCCCC(C)Nc1cc(C(N)=O)ccc1N. The third-order valence-corrected chi connectivity index (χ3v) is 2.73. The van der Waals surface area contributed by atoms with Gasteiger partial charge >= 0.3 is 0 Å². The maximum absolute atomic E-state index is 11.1. The molecule has 0 aliphatic heterocycles. The van der Waals surface area contributed by atoms with Crippen molar-refractivity contribution in [1.82, 2.24) is 0 Å². The largest absolute Gasteiger partial charge is 0.397 e. The van der Waals surface area contributed by atoms with Crippen molar-refractivity contribution in [1.29, 1.82) is 0 Å². The van der Waals surface area contributed by atoms with Crippen LogP contribution in [0.3, 0.4) is 0 Å². The molecule has 0 spiro atoms. The number of unbranched alkanes of at least 4 members (excludes halogenated alkanes) is 1. The zero-order chi connectivity index (χ0) is 12.8. The zero-order valence-electron chi connectivity index (χ0n) is 10.5. The van der Waals surface area contributed by atoms with Gasteiger partial charge in [-0.05, 0) is 31.5 Å². The molecule has 1 unspecified atom stereocenters. The second-order valence-electron chi connectivity index (χ2n) is 4.35. The fourth-order valence-electron chi connectivity index (χ4n) is 1.68. The fraction of sp³-hybridized carbons (Fsp3) is 0.462. The molecule has 0 heterocycles. The van der Waals surface area contributed by atoms with Crippen LogP contribution in [0.2, 0.25) is 0 Å². The van der Waals surface area contributed by atoms with Crippen molar-refractivity contribution in [3.63, 3.8) is 0 Å². The number of carbonyl (C=O) groups excluding carboxylic acids is 1. The Kier molecular flexibility index (Phi) is 4.82. The van der Waals surface area contributed by atoms with E-state index >= 15 is 0 Å². The summed E-state index contributed by atoms with van der Waals surface area (Å²) in [4.78, 5) is 11.1. The van der Waals surface area contributed by atoms with Crippen LogP contribution in [0.15, 0.2) is 18.2 Å². The van der Waals surface area contributed by atoms with Crippen LogP contribution in [0, 0.1) is 0 Å². The van der Waals surface area contributed by atoms with Crippen LogP contribution in [-0.2, 0) is 0 Å². The van der Waals surface area contributed by atoms with Crippen molar-refractivity contribution < 1.29 is 4.79 Å². The molecule has 1 atom stereocenters. The van der Waals surface area contributed by atoms with Gasteiger partial charge in [-0.2, -0.15) is 0 Å². The molecule has 4 nitrogen and oxygen atoms in total. The number of nitrogen functional groups attached to an aromatic ring is 1. The highest BCUT2D eigenvalue weighted by Gasteiger charge is 2.07. The molecule has 94 valence electrons. The first-order chi connectivity index (χ1) is 8.04. The minimum Gasteiger partial charge on any atom is -0.397 e. The number of hydrogen-bond donors (Lipinski definition) is 3. The summed E-state index contributed by atoms with van der Waals surface area (Å²) in [6, 6.07) is 5.38. The van der Waals surface area contributed by atoms with Crippen molar-refractivity contribution in [2.45, 2.75) is 39.2 Å². The summed E-state index contributed by atoms with van der Waals surface area (Å²) in [5.41, 5.74) is 13.0. The van der Waals surface area contributed by atoms with Gasteiger partial charge in [-0.1, -0.05) is 19.8 Å². The number of hydrogen-bond acceptors (Lipinski definition) is 3. The third kappa shape index (κ3) is 3.98. The first-order valence-corrected chi connectivity index (χ1v) is 6.00. The quantitative estimate of drug-likeness (QED) is 0.662. The lowest BCUT2D eigenvalue weighted by molar-refractivity contribution is 0.100. The fourth-order valence-corrected chi connectivity index (χ4v) is 1.68. The predicted octanol–water partition coefficient (Wildman–Crippen LogP) is 2.36. The summed E-state index contributed by atoms with van der Waals surface area (Å²) < 4.78 is 0. The number of benzene rings is 1. The molecule has 0 aliphatic rings. The Hall–Kier alpha value is -1.71. The third-order valence-electron chi connectivity index (χ3n) is 2.73. The maximum Gasteiger partial charge on any atom is 0.248 e. The predicted molar refractivity (Wildman–Crippen MR) is 72.0 cm³/mol. The van der Waals surface area contributed by atoms with Gasteiger partial charge in [-0.25, -0.2) is 0 Å². The lowest BCUT2D eigenvalue weighted by Gasteiger charge is -2.17. The standard InChI is InChI=1S/C13H21N3O/c1-3-4-5-9(2)16-12-8-10(13(15)17)6-7-11(12)14/h6-9,16H,3-5,14H2,1-2H3,(H2,15,17). The van der Waals surface area contributed by atoms with Crippen LogP contribution in [0.5, 0.6) is 0 Å². The summed E-state index contributed by atoms with van der Waals surface area (Å²) in [6.07, 6.45) is 3.42. The second-order valence-corrected chi connectivity index (χ2v) is 4.35. The van der Waals surface area contributed by atoms with E-state index in [0.717, 1.165) is 12.1 Å². The highest BCUT2D eigenvalue weighted by atomic mass is 16.1. The average molecular weight is 235 g/mol.